The van der Waals surface area contributed by atoms with Gasteiger partial charge in [-0.1, -0.05) is 6.92 Å². The molecule has 2 rings (SSSR count). The first-order chi connectivity index (χ1) is 5.79. The highest BCUT2D eigenvalue weighted by Gasteiger charge is 2.00. The summed E-state index contributed by atoms with van der Waals surface area (Å²) >= 11 is 1.72. The van der Waals surface area contributed by atoms with Gasteiger partial charge in [0.1, 0.15) is 0 Å². The van der Waals surface area contributed by atoms with Crippen molar-refractivity contribution in [2.24, 2.45) is 0 Å². The average molecular weight is 178 g/mol. The van der Waals surface area contributed by atoms with Gasteiger partial charge in [-0.2, -0.15) is 0 Å². The van der Waals surface area contributed by atoms with E-state index in [0.29, 0.717) is 0 Å². The zero-order chi connectivity index (χ0) is 8.55. The summed E-state index contributed by atoms with van der Waals surface area (Å²) in [5.41, 5.74) is 7.53. The van der Waals surface area contributed by atoms with Gasteiger partial charge in [0, 0.05) is 5.69 Å². The Balaban J connectivity index is 2.67. The zero-order valence-corrected chi connectivity index (χ0v) is 7.69. The van der Waals surface area contributed by atoms with Crippen LogP contribution in [0.4, 0.5) is 5.69 Å². The maximum Gasteiger partial charge on any atom is 0.0935 e. The van der Waals surface area contributed by atoms with E-state index in [2.05, 4.69) is 11.9 Å². The van der Waals surface area contributed by atoms with Gasteiger partial charge in [0.2, 0.25) is 0 Å². The second kappa shape index (κ2) is 2.75. The first-order valence-electron chi connectivity index (χ1n) is 3.94. The number of aryl methyl sites for hydroxylation is 1. The second-order valence-electron chi connectivity index (χ2n) is 2.69. The lowest BCUT2D eigenvalue weighted by atomic mass is 10.3. The van der Waals surface area contributed by atoms with Gasteiger partial charge in [-0.05, 0) is 24.6 Å². The van der Waals surface area contributed by atoms with Crippen LogP contribution >= 0.6 is 11.3 Å². The number of rotatable bonds is 1. The molecule has 0 spiro atoms. The van der Waals surface area contributed by atoms with Crippen LogP contribution in [-0.4, -0.2) is 4.98 Å². The molecule has 0 saturated heterocycles. The second-order valence-corrected chi connectivity index (χ2v) is 3.80. The molecule has 0 unspecified atom stereocenters. The molecule has 0 fully saturated rings. The summed E-state index contributed by atoms with van der Waals surface area (Å²) in [6.07, 6.45) is 0.999. The third kappa shape index (κ3) is 1.16. The number of nitrogens with zero attached hydrogens (tertiary/aromatic N) is 1. The monoisotopic (exact) mass is 178 g/mol. The van der Waals surface area contributed by atoms with E-state index in [0.717, 1.165) is 17.6 Å². The number of nitrogens with two attached hydrogens (primary N) is 1. The number of hydrogen-bond donors (Lipinski definition) is 1. The zero-order valence-electron chi connectivity index (χ0n) is 6.87. The van der Waals surface area contributed by atoms with Gasteiger partial charge in [0.15, 0.2) is 0 Å². The molecule has 0 aliphatic heterocycles. The van der Waals surface area contributed by atoms with Crippen molar-refractivity contribution in [3.05, 3.63) is 23.2 Å². The van der Waals surface area contributed by atoms with Crippen molar-refractivity contribution >= 4 is 27.2 Å². The molecule has 1 heterocycles. The number of nitrogen functional groups attached to an aromatic ring is 1. The molecule has 2 aromatic rings. The van der Waals surface area contributed by atoms with E-state index in [-0.39, 0.29) is 0 Å². The summed E-state index contributed by atoms with van der Waals surface area (Å²) in [6, 6.07) is 5.84. The Morgan fingerprint density at radius 2 is 2.33 bits per heavy atom. The van der Waals surface area contributed by atoms with Gasteiger partial charge in [-0.3, -0.25) is 0 Å². The van der Waals surface area contributed by atoms with Crippen LogP contribution in [0.1, 0.15) is 11.9 Å². The van der Waals surface area contributed by atoms with Crippen LogP contribution in [0, 0.1) is 0 Å². The van der Waals surface area contributed by atoms with Crippen molar-refractivity contribution in [1.29, 1.82) is 0 Å². The SMILES string of the molecule is CCc1nc2ccc(N)cc2s1. The number of benzene rings is 1. The Morgan fingerprint density at radius 3 is 3.08 bits per heavy atom. The Morgan fingerprint density at radius 1 is 1.50 bits per heavy atom. The standard InChI is InChI=1S/C9H10N2S/c1-2-9-11-7-4-3-6(10)5-8(7)12-9/h3-5H,2,10H2,1H3. The Kier molecular flexibility index (Phi) is 1.73. The van der Waals surface area contributed by atoms with Crippen LogP contribution in [0.5, 0.6) is 0 Å². The van der Waals surface area contributed by atoms with E-state index in [9.17, 15) is 0 Å². The molecule has 2 nitrogen and oxygen atoms in total. The summed E-state index contributed by atoms with van der Waals surface area (Å²) in [7, 11) is 0. The van der Waals surface area contributed by atoms with E-state index < -0.39 is 0 Å². The molecule has 0 radical (unpaired) electrons. The average Bonchev–Trinajstić information content (AvgIpc) is 2.46. The third-order valence-electron chi connectivity index (χ3n) is 1.76. The number of fused-ring (bicyclic) bond motifs is 1. The molecule has 2 N–H and O–H groups in total. The molecule has 3 heteroatoms. The highest BCUT2D eigenvalue weighted by Crippen LogP contribution is 2.24. The van der Waals surface area contributed by atoms with Crippen molar-refractivity contribution in [2.75, 3.05) is 5.73 Å². The highest BCUT2D eigenvalue weighted by molar-refractivity contribution is 7.18. The van der Waals surface area contributed by atoms with E-state index >= 15 is 0 Å². The van der Waals surface area contributed by atoms with Crippen LogP contribution in [-0.2, 0) is 6.42 Å². The first kappa shape index (κ1) is 7.55. The van der Waals surface area contributed by atoms with Gasteiger partial charge in [-0.25, -0.2) is 4.98 Å². The summed E-state index contributed by atoms with van der Waals surface area (Å²) in [5.74, 6) is 0. The maximum absolute atomic E-state index is 5.65. The quantitative estimate of drug-likeness (QED) is 0.681. The minimum Gasteiger partial charge on any atom is -0.399 e. The first-order valence-corrected chi connectivity index (χ1v) is 4.76. The summed E-state index contributed by atoms with van der Waals surface area (Å²) in [5, 5.41) is 1.18. The third-order valence-corrected chi connectivity index (χ3v) is 2.92. The van der Waals surface area contributed by atoms with Crippen molar-refractivity contribution in [1.82, 2.24) is 4.98 Å². The van der Waals surface area contributed by atoms with Crippen LogP contribution in [0.2, 0.25) is 0 Å². The van der Waals surface area contributed by atoms with Crippen LogP contribution in [0.25, 0.3) is 10.2 Å². The van der Waals surface area contributed by atoms with Crippen LogP contribution in [0.3, 0.4) is 0 Å². The van der Waals surface area contributed by atoms with Crippen molar-refractivity contribution in [3.8, 4) is 0 Å². The molecule has 0 bridgehead atoms. The molecule has 12 heavy (non-hydrogen) atoms. The Labute approximate surface area is 75.0 Å². The Bertz CT molecular complexity index is 406. The van der Waals surface area contributed by atoms with Crippen LogP contribution < -0.4 is 5.73 Å². The van der Waals surface area contributed by atoms with E-state index in [4.69, 9.17) is 5.73 Å². The van der Waals surface area contributed by atoms with Crippen molar-refractivity contribution in [3.63, 3.8) is 0 Å². The molecule has 1 aromatic carbocycles. The molecular weight excluding hydrogens is 168 g/mol. The summed E-state index contributed by atoms with van der Waals surface area (Å²) in [4.78, 5) is 4.44. The van der Waals surface area contributed by atoms with E-state index in [1.54, 1.807) is 11.3 Å². The van der Waals surface area contributed by atoms with E-state index in [1.807, 2.05) is 18.2 Å². The molecule has 62 valence electrons. The molecule has 0 aliphatic carbocycles. The Hall–Kier alpha value is -1.09. The van der Waals surface area contributed by atoms with Gasteiger partial charge in [-0.15, -0.1) is 11.3 Å². The fourth-order valence-corrected chi connectivity index (χ4v) is 2.10. The number of thiazole rings is 1. The summed E-state index contributed by atoms with van der Waals surface area (Å²) < 4.78 is 1.19. The van der Waals surface area contributed by atoms with Gasteiger partial charge >= 0.3 is 0 Å². The number of anilines is 1. The molecule has 0 aliphatic rings. The lowest BCUT2D eigenvalue weighted by molar-refractivity contribution is 1.11. The molecule has 0 amide bonds. The lowest BCUT2D eigenvalue weighted by Crippen LogP contribution is -1.81. The van der Waals surface area contributed by atoms with Gasteiger partial charge in [0.25, 0.3) is 0 Å². The molecular formula is C9H10N2S. The number of aromatic nitrogens is 1. The van der Waals surface area contributed by atoms with Crippen molar-refractivity contribution in [2.45, 2.75) is 13.3 Å². The lowest BCUT2D eigenvalue weighted by Gasteiger charge is -1.89. The summed E-state index contributed by atoms with van der Waals surface area (Å²) in [6.45, 7) is 2.11. The number of hydrogen-bond acceptors (Lipinski definition) is 3. The predicted molar refractivity (Wildman–Crippen MR) is 53.4 cm³/mol. The van der Waals surface area contributed by atoms with Crippen molar-refractivity contribution < 1.29 is 0 Å². The predicted octanol–water partition coefficient (Wildman–Crippen LogP) is 2.44. The van der Waals surface area contributed by atoms with Gasteiger partial charge < -0.3 is 5.73 Å². The minimum atomic E-state index is 0.814. The fraction of sp³-hybridized carbons (Fsp3) is 0.222. The largest absolute Gasteiger partial charge is 0.399 e. The normalized spacial score (nSPS) is 10.8. The van der Waals surface area contributed by atoms with E-state index in [1.165, 1.54) is 9.71 Å². The molecule has 0 atom stereocenters. The van der Waals surface area contributed by atoms with Gasteiger partial charge in [0.05, 0.1) is 15.2 Å². The minimum absolute atomic E-state index is 0.814. The molecule has 1 aromatic heterocycles. The molecule has 0 saturated carbocycles. The smallest absolute Gasteiger partial charge is 0.0935 e. The maximum atomic E-state index is 5.65. The fourth-order valence-electron chi connectivity index (χ4n) is 1.14. The van der Waals surface area contributed by atoms with Crippen LogP contribution in [0.15, 0.2) is 18.2 Å². The highest BCUT2D eigenvalue weighted by atomic mass is 32.1. The topological polar surface area (TPSA) is 38.9 Å².